The Balaban J connectivity index is 1.41. The number of rotatable bonds is 4. The van der Waals surface area contributed by atoms with Crippen molar-refractivity contribution in [3.63, 3.8) is 0 Å². The van der Waals surface area contributed by atoms with Gasteiger partial charge >= 0.3 is 0 Å². The van der Waals surface area contributed by atoms with Crippen LogP contribution < -0.4 is 10.9 Å². The van der Waals surface area contributed by atoms with Gasteiger partial charge in [0.2, 0.25) is 11.8 Å². The van der Waals surface area contributed by atoms with Gasteiger partial charge in [0.05, 0.1) is 11.8 Å². The van der Waals surface area contributed by atoms with E-state index in [1.165, 1.54) is 0 Å². The minimum Gasteiger partial charge on any atom is -0.273 e. The van der Waals surface area contributed by atoms with E-state index >= 15 is 0 Å². The van der Waals surface area contributed by atoms with Crippen molar-refractivity contribution in [2.45, 2.75) is 24.7 Å². The van der Waals surface area contributed by atoms with Gasteiger partial charge in [-0.2, -0.15) is 0 Å². The van der Waals surface area contributed by atoms with Gasteiger partial charge in [-0.15, -0.1) is 0 Å². The number of nitrogens with one attached hydrogen (secondary N) is 2. The van der Waals surface area contributed by atoms with E-state index in [2.05, 4.69) is 10.9 Å². The molecule has 3 aromatic rings. The lowest BCUT2D eigenvalue weighted by molar-refractivity contribution is -0.130. The Morgan fingerprint density at radius 1 is 0.808 bits per heavy atom. The minimum atomic E-state index is -0.492. The molecule has 0 atom stereocenters. The Kier molecular flexibility index (Phi) is 4.17. The van der Waals surface area contributed by atoms with Crippen molar-refractivity contribution in [1.29, 1.82) is 0 Å². The summed E-state index contributed by atoms with van der Waals surface area (Å²) in [5.74, 6) is -0.367. The van der Waals surface area contributed by atoms with Gasteiger partial charge in [0.15, 0.2) is 0 Å². The van der Waals surface area contributed by atoms with Crippen LogP contribution in [0.5, 0.6) is 0 Å². The number of benzene rings is 3. The lowest BCUT2D eigenvalue weighted by atomic mass is 9.95. The summed E-state index contributed by atoms with van der Waals surface area (Å²) in [7, 11) is 0. The number of hydrogen-bond donors (Lipinski definition) is 2. The van der Waals surface area contributed by atoms with E-state index < -0.39 is 5.41 Å². The largest absolute Gasteiger partial charge is 0.273 e. The van der Waals surface area contributed by atoms with Gasteiger partial charge < -0.3 is 0 Å². The van der Waals surface area contributed by atoms with Gasteiger partial charge in [-0.1, -0.05) is 72.8 Å². The zero-order valence-electron chi connectivity index (χ0n) is 14.4. The molecule has 2 amide bonds. The first-order valence-corrected chi connectivity index (χ1v) is 8.80. The van der Waals surface area contributed by atoms with Crippen LogP contribution in [0.3, 0.4) is 0 Å². The Bertz CT molecular complexity index is 957. The minimum absolute atomic E-state index is 0.144. The zero-order chi connectivity index (χ0) is 18.0. The van der Waals surface area contributed by atoms with Gasteiger partial charge in [-0.3, -0.25) is 20.4 Å². The van der Waals surface area contributed by atoms with Crippen molar-refractivity contribution < 1.29 is 9.59 Å². The van der Waals surface area contributed by atoms with Crippen molar-refractivity contribution in [2.75, 3.05) is 0 Å². The molecule has 0 unspecified atom stereocenters. The van der Waals surface area contributed by atoms with Crippen LogP contribution in [0.25, 0.3) is 10.8 Å². The normalized spacial score (nSPS) is 14.6. The van der Waals surface area contributed by atoms with E-state index in [1.54, 1.807) is 0 Å². The number of carbonyl (C=O) groups is 2. The van der Waals surface area contributed by atoms with E-state index in [-0.39, 0.29) is 18.2 Å². The molecule has 0 heterocycles. The molecule has 3 aromatic carbocycles. The molecule has 4 rings (SSSR count). The summed E-state index contributed by atoms with van der Waals surface area (Å²) in [6.07, 6.45) is 1.84. The monoisotopic (exact) mass is 344 g/mol. The molecule has 1 saturated carbocycles. The van der Waals surface area contributed by atoms with Gasteiger partial charge in [0.25, 0.3) is 0 Å². The maximum atomic E-state index is 12.6. The van der Waals surface area contributed by atoms with E-state index in [4.69, 9.17) is 0 Å². The molecular weight excluding hydrogens is 324 g/mol. The summed E-state index contributed by atoms with van der Waals surface area (Å²) in [5, 5.41) is 2.15. The summed E-state index contributed by atoms with van der Waals surface area (Å²) in [5.41, 5.74) is 6.64. The van der Waals surface area contributed by atoms with Crippen LogP contribution in [-0.4, -0.2) is 11.8 Å². The SMILES string of the molecule is O=C(Cc1cccc2ccccc12)NNC(=O)C1(c2ccccc2)CC1. The van der Waals surface area contributed by atoms with Crippen LogP contribution in [0, 0.1) is 0 Å². The average Bonchev–Trinajstić information content (AvgIpc) is 3.49. The van der Waals surface area contributed by atoms with Gasteiger partial charge in [0, 0.05) is 0 Å². The molecule has 0 radical (unpaired) electrons. The highest BCUT2D eigenvalue weighted by atomic mass is 16.2. The smallest absolute Gasteiger partial charge is 0.249 e. The Morgan fingerprint density at radius 2 is 1.50 bits per heavy atom. The highest BCUT2D eigenvalue weighted by molar-refractivity contribution is 5.94. The van der Waals surface area contributed by atoms with E-state index in [1.807, 2.05) is 72.8 Å². The molecule has 0 bridgehead atoms. The van der Waals surface area contributed by atoms with Crippen LogP contribution in [0.4, 0.5) is 0 Å². The second-order valence-corrected chi connectivity index (χ2v) is 6.77. The summed E-state index contributed by atoms with van der Waals surface area (Å²) in [4.78, 5) is 24.9. The number of fused-ring (bicyclic) bond motifs is 1. The summed E-state index contributed by atoms with van der Waals surface area (Å²) in [6.45, 7) is 0. The third kappa shape index (κ3) is 3.06. The highest BCUT2D eigenvalue weighted by Gasteiger charge is 2.51. The maximum absolute atomic E-state index is 12.6. The van der Waals surface area contributed by atoms with Crippen LogP contribution in [0.1, 0.15) is 24.0 Å². The van der Waals surface area contributed by atoms with Crippen LogP contribution in [0.2, 0.25) is 0 Å². The Labute approximate surface area is 152 Å². The summed E-state index contributed by atoms with van der Waals surface area (Å²) < 4.78 is 0. The third-order valence-electron chi connectivity index (χ3n) is 5.06. The quantitative estimate of drug-likeness (QED) is 0.714. The number of carbonyl (C=O) groups excluding carboxylic acids is 2. The molecule has 2 N–H and O–H groups in total. The second kappa shape index (κ2) is 6.64. The van der Waals surface area contributed by atoms with Crippen molar-refractivity contribution >= 4 is 22.6 Å². The molecule has 0 spiro atoms. The van der Waals surface area contributed by atoms with Crippen molar-refractivity contribution in [3.05, 3.63) is 83.9 Å². The fraction of sp³-hybridized carbons (Fsp3) is 0.182. The molecule has 26 heavy (non-hydrogen) atoms. The molecule has 130 valence electrons. The molecule has 1 aliphatic rings. The van der Waals surface area contributed by atoms with Crippen LogP contribution >= 0.6 is 0 Å². The molecule has 4 nitrogen and oxygen atoms in total. The van der Waals surface area contributed by atoms with E-state index in [9.17, 15) is 9.59 Å². The first kappa shape index (κ1) is 16.3. The Morgan fingerprint density at radius 3 is 2.27 bits per heavy atom. The van der Waals surface area contributed by atoms with Crippen LogP contribution in [-0.2, 0) is 21.4 Å². The van der Waals surface area contributed by atoms with Crippen molar-refractivity contribution in [1.82, 2.24) is 10.9 Å². The first-order chi connectivity index (χ1) is 12.7. The highest BCUT2D eigenvalue weighted by Crippen LogP contribution is 2.48. The average molecular weight is 344 g/mol. The molecule has 1 fully saturated rings. The summed E-state index contributed by atoms with van der Waals surface area (Å²) in [6, 6.07) is 23.6. The standard InChI is InChI=1S/C22H20N2O2/c25-20(15-17-9-6-8-16-7-4-5-12-19(16)17)23-24-21(26)22(13-14-22)18-10-2-1-3-11-18/h1-12H,13-15H2,(H,23,25)(H,24,26). The molecule has 4 heteroatoms. The van der Waals surface area contributed by atoms with Crippen LogP contribution in [0.15, 0.2) is 72.8 Å². The number of hydrazine groups is 1. The van der Waals surface area contributed by atoms with Crippen molar-refractivity contribution in [3.8, 4) is 0 Å². The van der Waals surface area contributed by atoms with Gasteiger partial charge in [-0.05, 0) is 34.7 Å². The van der Waals surface area contributed by atoms with E-state index in [0.29, 0.717) is 0 Å². The Hall–Kier alpha value is -3.14. The van der Waals surface area contributed by atoms with Gasteiger partial charge in [-0.25, -0.2) is 0 Å². The molecule has 0 aliphatic heterocycles. The molecule has 1 aliphatic carbocycles. The first-order valence-electron chi connectivity index (χ1n) is 8.80. The maximum Gasteiger partial charge on any atom is 0.249 e. The zero-order valence-corrected chi connectivity index (χ0v) is 14.4. The van der Waals surface area contributed by atoms with Gasteiger partial charge in [0.1, 0.15) is 0 Å². The lowest BCUT2D eigenvalue weighted by Gasteiger charge is -2.16. The lowest BCUT2D eigenvalue weighted by Crippen LogP contribution is -2.47. The van der Waals surface area contributed by atoms with Crippen molar-refractivity contribution in [2.24, 2.45) is 0 Å². The second-order valence-electron chi connectivity index (χ2n) is 6.77. The fourth-order valence-electron chi connectivity index (χ4n) is 3.44. The molecule has 0 saturated heterocycles. The third-order valence-corrected chi connectivity index (χ3v) is 5.06. The molecule has 0 aromatic heterocycles. The molecular formula is C22H20N2O2. The summed E-state index contributed by atoms with van der Waals surface area (Å²) >= 11 is 0. The number of amides is 2. The fourth-order valence-corrected chi connectivity index (χ4v) is 3.44. The van der Waals surface area contributed by atoms with E-state index in [0.717, 1.165) is 34.7 Å². The predicted molar refractivity (Wildman–Crippen MR) is 101 cm³/mol. The topological polar surface area (TPSA) is 58.2 Å². The number of hydrogen-bond acceptors (Lipinski definition) is 2. The predicted octanol–water partition coefficient (Wildman–Crippen LogP) is 3.26.